The molecular formula is C18H18N4O2. The van der Waals surface area contributed by atoms with Crippen molar-refractivity contribution in [1.29, 1.82) is 0 Å². The van der Waals surface area contributed by atoms with E-state index in [1.807, 2.05) is 50.2 Å². The second-order valence-corrected chi connectivity index (χ2v) is 5.40. The molecule has 3 rings (SSSR count). The van der Waals surface area contributed by atoms with E-state index in [0.717, 1.165) is 11.3 Å². The van der Waals surface area contributed by atoms with E-state index in [-0.39, 0.29) is 5.91 Å². The lowest BCUT2D eigenvalue weighted by Gasteiger charge is -2.11. The molecule has 1 N–H and O–H groups in total. The topological polar surface area (TPSA) is 69.0 Å². The summed E-state index contributed by atoms with van der Waals surface area (Å²) >= 11 is 0. The highest BCUT2D eigenvalue weighted by Crippen LogP contribution is 2.26. The first-order valence-electron chi connectivity index (χ1n) is 7.52. The number of carbonyl (C=O) groups excluding carboxylic acids is 1. The highest BCUT2D eigenvalue weighted by molar-refractivity contribution is 6.05. The average Bonchev–Trinajstić information content (AvgIpc) is 2.97. The molecule has 122 valence electrons. The fourth-order valence-electron chi connectivity index (χ4n) is 2.45. The summed E-state index contributed by atoms with van der Waals surface area (Å²) in [5.41, 5.74) is 2.88. The maximum absolute atomic E-state index is 12.6. The van der Waals surface area contributed by atoms with E-state index in [2.05, 4.69) is 15.4 Å². The van der Waals surface area contributed by atoms with Gasteiger partial charge in [0.15, 0.2) is 5.82 Å². The third-order valence-corrected chi connectivity index (χ3v) is 3.72. The minimum Gasteiger partial charge on any atom is -0.495 e. The Labute approximate surface area is 140 Å². The minimum absolute atomic E-state index is 0.237. The van der Waals surface area contributed by atoms with Gasteiger partial charge in [-0.2, -0.15) is 5.10 Å². The zero-order valence-corrected chi connectivity index (χ0v) is 13.8. The van der Waals surface area contributed by atoms with Gasteiger partial charge < -0.3 is 10.1 Å². The van der Waals surface area contributed by atoms with Crippen LogP contribution in [-0.2, 0) is 0 Å². The molecule has 0 atom stereocenters. The lowest BCUT2D eigenvalue weighted by molar-refractivity contribution is 0.102. The predicted molar refractivity (Wildman–Crippen MR) is 91.8 cm³/mol. The largest absolute Gasteiger partial charge is 0.495 e. The number of aryl methyl sites for hydroxylation is 1. The van der Waals surface area contributed by atoms with Crippen LogP contribution in [0.4, 0.5) is 5.69 Å². The fourth-order valence-corrected chi connectivity index (χ4v) is 2.45. The standard InChI is InChI=1S/C18H18N4O2/c1-12-7-8-16(24-3)15(10-12)21-18(23)14-11-20-22(13(14)2)17-6-4-5-9-19-17/h4-11H,1-3H3,(H,21,23). The number of rotatable bonds is 4. The average molecular weight is 322 g/mol. The first-order chi connectivity index (χ1) is 11.6. The summed E-state index contributed by atoms with van der Waals surface area (Å²) in [5.74, 6) is 1.05. The summed E-state index contributed by atoms with van der Waals surface area (Å²) in [6.45, 7) is 3.80. The van der Waals surface area contributed by atoms with Gasteiger partial charge in [-0.25, -0.2) is 9.67 Å². The molecule has 0 aliphatic rings. The first kappa shape index (κ1) is 15.7. The zero-order valence-electron chi connectivity index (χ0n) is 13.8. The van der Waals surface area contributed by atoms with Crippen LogP contribution in [0.3, 0.4) is 0 Å². The Morgan fingerprint density at radius 1 is 1.21 bits per heavy atom. The second kappa shape index (κ2) is 6.54. The Bertz CT molecular complexity index is 872. The van der Waals surface area contributed by atoms with Gasteiger partial charge in [0.1, 0.15) is 5.75 Å². The van der Waals surface area contributed by atoms with Gasteiger partial charge in [-0.3, -0.25) is 4.79 Å². The van der Waals surface area contributed by atoms with E-state index >= 15 is 0 Å². The van der Waals surface area contributed by atoms with Crippen molar-refractivity contribution in [3.8, 4) is 11.6 Å². The predicted octanol–water partition coefficient (Wildman–Crippen LogP) is 3.15. The smallest absolute Gasteiger partial charge is 0.259 e. The van der Waals surface area contributed by atoms with Crippen molar-refractivity contribution in [2.24, 2.45) is 0 Å². The lowest BCUT2D eigenvalue weighted by Crippen LogP contribution is -2.14. The normalized spacial score (nSPS) is 10.5. The van der Waals surface area contributed by atoms with Gasteiger partial charge in [0.05, 0.1) is 30.3 Å². The molecule has 1 amide bonds. The molecule has 6 heteroatoms. The molecule has 2 aromatic heterocycles. The first-order valence-corrected chi connectivity index (χ1v) is 7.52. The summed E-state index contributed by atoms with van der Waals surface area (Å²) < 4.78 is 6.94. The van der Waals surface area contributed by atoms with Crippen molar-refractivity contribution in [1.82, 2.24) is 14.8 Å². The molecular weight excluding hydrogens is 304 g/mol. The summed E-state index contributed by atoms with van der Waals surface area (Å²) in [6, 6.07) is 11.2. The molecule has 0 spiro atoms. The van der Waals surface area contributed by atoms with E-state index in [9.17, 15) is 4.79 Å². The van der Waals surface area contributed by atoms with Gasteiger partial charge >= 0.3 is 0 Å². The summed E-state index contributed by atoms with van der Waals surface area (Å²) in [5, 5.41) is 7.16. The van der Waals surface area contributed by atoms with Crippen LogP contribution < -0.4 is 10.1 Å². The Morgan fingerprint density at radius 2 is 2.04 bits per heavy atom. The summed E-state index contributed by atoms with van der Waals surface area (Å²) in [4.78, 5) is 16.9. The molecule has 0 fully saturated rings. The number of hydrogen-bond acceptors (Lipinski definition) is 4. The van der Waals surface area contributed by atoms with Gasteiger partial charge in [-0.05, 0) is 43.7 Å². The van der Waals surface area contributed by atoms with Gasteiger partial charge in [0.25, 0.3) is 5.91 Å². The molecule has 6 nitrogen and oxygen atoms in total. The van der Waals surface area contributed by atoms with Crippen LogP contribution in [-0.4, -0.2) is 27.8 Å². The highest BCUT2D eigenvalue weighted by atomic mass is 16.5. The number of carbonyl (C=O) groups is 1. The van der Waals surface area contributed by atoms with Crippen molar-refractivity contribution >= 4 is 11.6 Å². The Balaban J connectivity index is 1.89. The second-order valence-electron chi connectivity index (χ2n) is 5.40. The van der Waals surface area contributed by atoms with Crippen molar-refractivity contribution in [2.75, 3.05) is 12.4 Å². The Kier molecular flexibility index (Phi) is 4.29. The molecule has 24 heavy (non-hydrogen) atoms. The van der Waals surface area contributed by atoms with Crippen LogP contribution in [0, 0.1) is 13.8 Å². The number of amides is 1. The SMILES string of the molecule is COc1ccc(C)cc1NC(=O)c1cnn(-c2ccccn2)c1C. The number of methoxy groups -OCH3 is 1. The van der Waals surface area contributed by atoms with Crippen molar-refractivity contribution < 1.29 is 9.53 Å². The number of anilines is 1. The lowest BCUT2D eigenvalue weighted by atomic mass is 10.2. The van der Waals surface area contributed by atoms with E-state index < -0.39 is 0 Å². The summed E-state index contributed by atoms with van der Waals surface area (Å²) in [6.07, 6.45) is 3.23. The molecule has 0 saturated heterocycles. The molecule has 0 bridgehead atoms. The van der Waals surface area contributed by atoms with Gasteiger partial charge in [-0.1, -0.05) is 12.1 Å². The Hall–Kier alpha value is -3.15. The number of pyridine rings is 1. The molecule has 0 aliphatic carbocycles. The molecule has 0 unspecified atom stereocenters. The molecule has 3 aromatic rings. The van der Waals surface area contributed by atoms with Crippen LogP contribution in [0.2, 0.25) is 0 Å². The molecule has 0 aliphatic heterocycles. The van der Waals surface area contributed by atoms with E-state index in [1.165, 1.54) is 0 Å². The van der Waals surface area contributed by atoms with E-state index in [4.69, 9.17) is 4.74 Å². The molecule has 2 heterocycles. The molecule has 0 saturated carbocycles. The van der Waals surface area contributed by atoms with Crippen LogP contribution in [0.5, 0.6) is 5.75 Å². The number of hydrogen-bond donors (Lipinski definition) is 1. The number of aromatic nitrogens is 3. The van der Waals surface area contributed by atoms with Gasteiger partial charge in [0, 0.05) is 6.20 Å². The number of nitrogens with zero attached hydrogens (tertiary/aromatic N) is 3. The van der Waals surface area contributed by atoms with Crippen molar-refractivity contribution in [3.05, 3.63) is 65.6 Å². The van der Waals surface area contributed by atoms with Crippen molar-refractivity contribution in [2.45, 2.75) is 13.8 Å². The number of nitrogens with one attached hydrogen (secondary N) is 1. The van der Waals surface area contributed by atoms with Crippen molar-refractivity contribution in [3.63, 3.8) is 0 Å². The third kappa shape index (κ3) is 2.99. The highest BCUT2D eigenvalue weighted by Gasteiger charge is 2.17. The van der Waals surface area contributed by atoms with Gasteiger partial charge in [-0.15, -0.1) is 0 Å². The zero-order chi connectivity index (χ0) is 17.1. The van der Waals surface area contributed by atoms with Crippen LogP contribution in [0.25, 0.3) is 5.82 Å². The Morgan fingerprint density at radius 3 is 2.75 bits per heavy atom. The summed E-state index contributed by atoms with van der Waals surface area (Å²) in [7, 11) is 1.57. The maximum atomic E-state index is 12.6. The van der Waals surface area contributed by atoms with Crippen LogP contribution in [0.15, 0.2) is 48.8 Å². The molecule has 0 radical (unpaired) electrons. The fraction of sp³-hybridized carbons (Fsp3) is 0.167. The van der Waals surface area contributed by atoms with Gasteiger partial charge in [0.2, 0.25) is 0 Å². The third-order valence-electron chi connectivity index (χ3n) is 3.72. The maximum Gasteiger partial charge on any atom is 0.259 e. The quantitative estimate of drug-likeness (QED) is 0.801. The number of ether oxygens (including phenoxy) is 1. The molecule has 1 aromatic carbocycles. The minimum atomic E-state index is -0.237. The monoisotopic (exact) mass is 322 g/mol. The van der Waals surface area contributed by atoms with Crippen LogP contribution in [0.1, 0.15) is 21.6 Å². The number of benzene rings is 1. The van der Waals surface area contributed by atoms with E-state index in [0.29, 0.717) is 22.8 Å². The van der Waals surface area contributed by atoms with Crippen LogP contribution >= 0.6 is 0 Å². The van der Waals surface area contributed by atoms with E-state index in [1.54, 1.807) is 24.2 Å².